The van der Waals surface area contributed by atoms with Crippen molar-refractivity contribution in [2.45, 2.75) is 0 Å². The molecule has 18 heavy (non-hydrogen) atoms. The average Bonchev–Trinajstić information content (AvgIpc) is 2.72. The number of imidazole rings is 1. The second-order valence-corrected chi connectivity index (χ2v) is 3.57. The minimum absolute atomic E-state index is 0.0155. The summed E-state index contributed by atoms with van der Waals surface area (Å²) >= 11 is 0. The van der Waals surface area contributed by atoms with Crippen LogP contribution in [0.4, 0.5) is 8.78 Å². The van der Waals surface area contributed by atoms with E-state index < -0.39 is 17.3 Å². The lowest BCUT2D eigenvalue weighted by atomic mass is 10.3. The minimum Gasteiger partial charge on any atom is -0.305 e. The number of H-pyrrole nitrogens is 1. The van der Waals surface area contributed by atoms with E-state index in [0.717, 1.165) is 10.6 Å². The van der Waals surface area contributed by atoms with E-state index in [0.29, 0.717) is 0 Å². The Morgan fingerprint density at radius 3 is 2.61 bits per heavy atom. The van der Waals surface area contributed by atoms with E-state index in [2.05, 4.69) is 15.0 Å². The Morgan fingerprint density at radius 2 is 1.89 bits per heavy atom. The molecule has 2 aromatic heterocycles. The summed E-state index contributed by atoms with van der Waals surface area (Å²) in [4.78, 5) is 21.8. The maximum atomic E-state index is 13.7. The van der Waals surface area contributed by atoms with Crippen molar-refractivity contribution in [2.75, 3.05) is 0 Å². The number of fused-ring (bicyclic) bond motifs is 1. The van der Waals surface area contributed by atoms with Gasteiger partial charge in [-0.05, 0) is 18.2 Å². The smallest absolute Gasteiger partial charge is 0.305 e. The van der Waals surface area contributed by atoms with Crippen LogP contribution in [-0.4, -0.2) is 19.5 Å². The van der Waals surface area contributed by atoms with Gasteiger partial charge < -0.3 is 4.98 Å². The van der Waals surface area contributed by atoms with E-state index in [-0.39, 0.29) is 17.0 Å². The maximum absolute atomic E-state index is 13.7. The molecule has 2 heterocycles. The molecule has 0 aliphatic carbocycles. The molecule has 0 atom stereocenters. The summed E-state index contributed by atoms with van der Waals surface area (Å²) in [6, 6.07) is 3.79. The third kappa shape index (κ3) is 1.41. The monoisotopic (exact) mass is 248 g/mol. The van der Waals surface area contributed by atoms with Gasteiger partial charge in [-0.2, -0.15) is 0 Å². The summed E-state index contributed by atoms with van der Waals surface area (Å²) in [5.41, 5.74) is -0.641. The number of nitrogens with one attached hydrogen (secondary N) is 1. The first-order valence-electron chi connectivity index (χ1n) is 5.04. The van der Waals surface area contributed by atoms with E-state index in [1.165, 1.54) is 18.5 Å². The Bertz CT molecular complexity index is 779. The molecule has 0 amide bonds. The molecule has 3 aromatic rings. The van der Waals surface area contributed by atoms with Crippen LogP contribution in [0, 0.1) is 11.6 Å². The van der Waals surface area contributed by atoms with Crippen LogP contribution >= 0.6 is 0 Å². The second kappa shape index (κ2) is 3.73. The number of hydrogen-bond acceptors (Lipinski definition) is 3. The van der Waals surface area contributed by atoms with E-state index in [1.807, 2.05) is 0 Å². The van der Waals surface area contributed by atoms with Crippen LogP contribution in [0.25, 0.3) is 17.0 Å². The molecule has 0 spiro atoms. The van der Waals surface area contributed by atoms with E-state index >= 15 is 0 Å². The fraction of sp³-hybridized carbons (Fsp3) is 0. The largest absolute Gasteiger partial charge is 0.333 e. The Hall–Kier alpha value is -2.57. The first-order valence-corrected chi connectivity index (χ1v) is 5.04. The highest BCUT2D eigenvalue weighted by atomic mass is 19.2. The molecule has 0 unspecified atom stereocenters. The Balaban J connectivity index is 2.46. The van der Waals surface area contributed by atoms with Crippen molar-refractivity contribution in [3.8, 4) is 5.95 Å². The number of hydrogen-bond donors (Lipinski definition) is 1. The van der Waals surface area contributed by atoms with Gasteiger partial charge in [0.1, 0.15) is 5.52 Å². The molecular formula is C11H6F2N4O. The number of aromatic amines is 1. The van der Waals surface area contributed by atoms with Crippen molar-refractivity contribution < 1.29 is 8.78 Å². The van der Waals surface area contributed by atoms with E-state index in [9.17, 15) is 13.6 Å². The summed E-state index contributed by atoms with van der Waals surface area (Å²) in [6.07, 6.45) is 2.82. The Morgan fingerprint density at radius 1 is 1.17 bits per heavy atom. The number of nitrogens with zero attached hydrogens (tertiary/aromatic N) is 3. The standard InChI is InChI=1S/C11H6F2N4O/c12-6-2-3-7-9(8(6)13)17(11(18)16-7)10-14-4-1-5-15-10/h1-5H,(H,16,18). The molecule has 5 nitrogen and oxygen atoms in total. The van der Waals surface area contributed by atoms with Gasteiger partial charge in [-0.3, -0.25) is 0 Å². The van der Waals surface area contributed by atoms with Crippen LogP contribution in [0.5, 0.6) is 0 Å². The van der Waals surface area contributed by atoms with Gasteiger partial charge in [0.25, 0.3) is 0 Å². The van der Waals surface area contributed by atoms with Crippen LogP contribution in [-0.2, 0) is 0 Å². The lowest BCUT2D eigenvalue weighted by Crippen LogP contribution is -2.17. The summed E-state index contributed by atoms with van der Waals surface area (Å²) in [7, 11) is 0. The van der Waals surface area contributed by atoms with Crippen LogP contribution in [0.3, 0.4) is 0 Å². The van der Waals surface area contributed by atoms with Crippen molar-refractivity contribution in [1.29, 1.82) is 0 Å². The molecule has 7 heteroatoms. The van der Waals surface area contributed by atoms with Gasteiger partial charge in [0, 0.05) is 12.4 Å². The number of aromatic nitrogens is 4. The zero-order valence-electron chi connectivity index (χ0n) is 8.89. The van der Waals surface area contributed by atoms with Gasteiger partial charge in [0.2, 0.25) is 5.95 Å². The van der Waals surface area contributed by atoms with Crippen molar-refractivity contribution >= 4 is 11.0 Å². The molecule has 0 saturated carbocycles. The molecule has 0 aliphatic rings. The highest BCUT2D eigenvalue weighted by molar-refractivity contribution is 5.77. The van der Waals surface area contributed by atoms with Crippen LogP contribution < -0.4 is 5.69 Å². The van der Waals surface area contributed by atoms with Gasteiger partial charge in [0.15, 0.2) is 11.6 Å². The first kappa shape index (κ1) is 10.6. The molecule has 90 valence electrons. The summed E-state index contributed by atoms with van der Waals surface area (Å²) < 4.78 is 27.9. The molecule has 0 fully saturated rings. The first-order chi connectivity index (χ1) is 8.68. The topological polar surface area (TPSA) is 63.6 Å². The van der Waals surface area contributed by atoms with Crippen molar-refractivity contribution in [3.63, 3.8) is 0 Å². The number of benzene rings is 1. The summed E-state index contributed by atoms with van der Waals surface area (Å²) in [6.45, 7) is 0. The second-order valence-electron chi connectivity index (χ2n) is 3.57. The minimum atomic E-state index is -1.11. The van der Waals surface area contributed by atoms with Gasteiger partial charge >= 0.3 is 5.69 Å². The predicted octanol–water partition coefficient (Wildman–Crippen LogP) is 1.39. The fourth-order valence-electron chi connectivity index (χ4n) is 1.73. The van der Waals surface area contributed by atoms with Crippen LogP contribution in [0.2, 0.25) is 0 Å². The molecule has 1 N–H and O–H groups in total. The number of halogens is 2. The molecule has 0 saturated heterocycles. The third-order valence-electron chi connectivity index (χ3n) is 2.49. The quantitative estimate of drug-likeness (QED) is 0.707. The molecule has 0 radical (unpaired) electrons. The van der Waals surface area contributed by atoms with Gasteiger partial charge in [0.05, 0.1) is 5.52 Å². The van der Waals surface area contributed by atoms with Crippen LogP contribution in [0.15, 0.2) is 35.4 Å². The van der Waals surface area contributed by atoms with Crippen molar-refractivity contribution in [1.82, 2.24) is 19.5 Å². The normalized spacial score (nSPS) is 11.0. The van der Waals surface area contributed by atoms with Gasteiger partial charge in [-0.15, -0.1) is 0 Å². The highest BCUT2D eigenvalue weighted by Crippen LogP contribution is 2.19. The Labute approximate surface area is 98.7 Å². The SMILES string of the molecule is O=c1[nH]c2ccc(F)c(F)c2n1-c1ncccn1. The predicted molar refractivity (Wildman–Crippen MR) is 59.4 cm³/mol. The Kier molecular flexibility index (Phi) is 2.19. The van der Waals surface area contributed by atoms with Crippen LogP contribution in [0.1, 0.15) is 0 Å². The average molecular weight is 248 g/mol. The lowest BCUT2D eigenvalue weighted by molar-refractivity contribution is 0.514. The molecular weight excluding hydrogens is 242 g/mol. The lowest BCUT2D eigenvalue weighted by Gasteiger charge is -2.01. The fourth-order valence-corrected chi connectivity index (χ4v) is 1.73. The van der Waals surface area contributed by atoms with E-state index in [1.54, 1.807) is 6.07 Å². The van der Waals surface area contributed by atoms with E-state index in [4.69, 9.17) is 0 Å². The molecule has 0 aliphatic heterocycles. The van der Waals surface area contributed by atoms with Crippen molar-refractivity contribution in [3.05, 3.63) is 52.7 Å². The summed E-state index contributed by atoms with van der Waals surface area (Å²) in [5, 5.41) is 0. The van der Waals surface area contributed by atoms with Gasteiger partial charge in [-0.25, -0.2) is 28.1 Å². The molecule has 1 aromatic carbocycles. The maximum Gasteiger partial charge on any atom is 0.333 e. The number of rotatable bonds is 1. The molecule has 0 bridgehead atoms. The van der Waals surface area contributed by atoms with Crippen molar-refractivity contribution in [2.24, 2.45) is 0 Å². The summed E-state index contributed by atoms with van der Waals surface area (Å²) in [5.74, 6) is -2.16. The zero-order chi connectivity index (χ0) is 12.7. The third-order valence-corrected chi connectivity index (χ3v) is 2.49. The van der Waals surface area contributed by atoms with Gasteiger partial charge in [-0.1, -0.05) is 0 Å². The molecule has 3 rings (SSSR count). The highest BCUT2D eigenvalue weighted by Gasteiger charge is 2.17. The zero-order valence-corrected chi connectivity index (χ0v) is 8.89.